The van der Waals surface area contributed by atoms with Crippen molar-refractivity contribution in [2.24, 2.45) is 5.92 Å². The largest absolute Gasteiger partial charge is 0.492 e. The molecule has 0 radical (unpaired) electrons. The molecular weight excluding hydrogens is 204 g/mol. The van der Waals surface area contributed by atoms with E-state index in [1.165, 1.54) is 0 Å². The Labute approximate surface area is 95.4 Å². The van der Waals surface area contributed by atoms with E-state index in [2.05, 4.69) is 0 Å². The Bertz CT molecular complexity index is 367. The fraction of sp³-hybridized carbons (Fsp3) is 0.462. The van der Waals surface area contributed by atoms with Gasteiger partial charge in [0.25, 0.3) is 0 Å². The van der Waals surface area contributed by atoms with Gasteiger partial charge in [-0.2, -0.15) is 0 Å². The molecule has 1 saturated heterocycles. The van der Waals surface area contributed by atoms with Gasteiger partial charge in [0.05, 0.1) is 18.8 Å². The van der Waals surface area contributed by atoms with Crippen LogP contribution in [0.3, 0.4) is 0 Å². The molecule has 0 aromatic heterocycles. The summed E-state index contributed by atoms with van der Waals surface area (Å²) in [6, 6.07) is 5.65. The summed E-state index contributed by atoms with van der Waals surface area (Å²) in [5.74, 6) is 1.13. The molecule has 2 rings (SSSR count). The third-order valence-electron chi connectivity index (χ3n) is 2.79. The van der Waals surface area contributed by atoms with Crippen LogP contribution in [0.2, 0.25) is 0 Å². The summed E-state index contributed by atoms with van der Waals surface area (Å²) in [6.45, 7) is 4.18. The van der Waals surface area contributed by atoms with Gasteiger partial charge in [0.1, 0.15) is 5.75 Å². The number of hydrogen-bond donors (Lipinski definition) is 0. The van der Waals surface area contributed by atoms with Crippen LogP contribution in [-0.4, -0.2) is 26.1 Å². The normalized spacial score (nSPS) is 19.7. The van der Waals surface area contributed by atoms with Crippen LogP contribution in [0, 0.1) is 12.8 Å². The lowest BCUT2D eigenvalue weighted by Crippen LogP contribution is -2.12. The number of benzene rings is 1. The molecule has 0 spiro atoms. The van der Waals surface area contributed by atoms with Crippen LogP contribution in [-0.2, 0) is 4.74 Å². The average molecular weight is 220 g/mol. The summed E-state index contributed by atoms with van der Waals surface area (Å²) in [5, 5.41) is 0. The molecule has 86 valence electrons. The zero-order valence-electron chi connectivity index (χ0n) is 9.44. The van der Waals surface area contributed by atoms with Gasteiger partial charge < -0.3 is 9.47 Å². The molecule has 16 heavy (non-hydrogen) atoms. The van der Waals surface area contributed by atoms with Crippen LogP contribution >= 0.6 is 0 Å². The molecule has 3 heteroatoms. The van der Waals surface area contributed by atoms with Crippen LogP contribution in [0.15, 0.2) is 18.2 Å². The van der Waals surface area contributed by atoms with E-state index in [1.54, 1.807) is 0 Å². The summed E-state index contributed by atoms with van der Waals surface area (Å²) >= 11 is 0. The summed E-state index contributed by atoms with van der Waals surface area (Å²) in [7, 11) is 0. The van der Waals surface area contributed by atoms with Crippen LogP contribution in [0.5, 0.6) is 5.75 Å². The molecule has 3 nitrogen and oxygen atoms in total. The van der Waals surface area contributed by atoms with E-state index in [9.17, 15) is 4.79 Å². The van der Waals surface area contributed by atoms with Crippen LogP contribution in [0.1, 0.15) is 22.3 Å². The first kappa shape index (κ1) is 11.1. The van der Waals surface area contributed by atoms with Gasteiger partial charge in [-0.15, -0.1) is 0 Å². The Balaban J connectivity index is 1.99. The topological polar surface area (TPSA) is 35.5 Å². The number of aryl methyl sites for hydroxylation is 1. The number of carbonyl (C=O) groups is 1. The Morgan fingerprint density at radius 1 is 1.56 bits per heavy atom. The average Bonchev–Trinajstić information content (AvgIpc) is 2.80. The zero-order chi connectivity index (χ0) is 11.4. The smallest absolute Gasteiger partial charge is 0.153 e. The molecule has 0 aliphatic carbocycles. The monoisotopic (exact) mass is 220 g/mol. The predicted octanol–water partition coefficient (Wildman–Crippen LogP) is 2.22. The van der Waals surface area contributed by atoms with Gasteiger partial charge in [-0.05, 0) is 25.5 Å². The molecule has 1 fully saturated rings. The Hall–Kier alpha value is -1.35. The fourth-order valence-electron chi connectivity index (χ4n) is 1.81. The molecule has 0 saturated carbocycles. The van der Waals surface area contributed by atoms with E-state index >= 15 is 0 Å². The quantitative estimate of drug-likeness (QED) is 0.730. The first-order chi connectivity index (χ1) is 7.79. The van der Waals surface area contributed by atoms with Crippen molar-refractivity contribution >= 4 is 6.29 Å². The first-order valence-corrected chi connectivity index (χ1v) is 5.56. The van der Waals surface area contributed by atoms with Crippen molar-refractivity contribution in [3.63, 3.8) is 0 Å². The lowest BCUT2D eigenvalue weighted by atomic mass is 10.1. The van der Waals surface area contributed by atoms with E-state index in [0.29, 0.717) is 23.8 Å². The summed E-state index contributed by atoms with van der Waals surface area (Å²) in [5.41, 5.74) is 1.69. The second kappa shape index (κ2) is 5.12. The van der Waals surface area contributed by atoms with E-state index < -0.39 is 0 Å². The maximum atomic E-state index is 10.9. The van der Waals surface area contributed by atoms with Gasteiger partial charge in [-0.1, -0.05) is 11.6 Å². The number of ether oxygens (including phenoxy) is 2. The lowest BCUT2D eigenvalue weighted by molar-refractivity contribution is 0.111. The molecule has 0 bridgehead atoms. The van der Waals surface area contributed by atoms with Crippen molar-refractivity contribution in [1.82, 2.24) is 0 Å². The van der Waals surface area contributed by atoms with Gasteiger partial charge in [0.15, 0.2) is 6.29 Å². The highest BCUT2D eigenvalue weighted by molar-refractivity contribution is 5.79. The van der Waals surface area contributed by atoms with E-state index in [0.717, 1.165) is 31.5 Å². The SMILES string of the molecule is Cc1ccc(OCC2CCOC2)c(C=O)c1. The van der Waals surface area contributed by atoms with Crippen molar-refractivity contribution in [1.29, 1.82) is 0 Å². The molecule has 0 N–H and O–H groups in total. The van der Waals surface area contributed by atoms with Gasteiger partial charge in [-0.3, -0.25) is 4.79 Å². The van der Waals surface area contributed by atoms with Crippen molar-refractivity contribution in [2.45, 2.75) is 13.3 Å². The highest BCUT2D eigenvalue weighted by Gasteiger charge is 2.16. The summed E-state index contributed by atoms with van der Waals surface area (Å²) < 4.78 is 10.9. The van der Waals surface area contributed by atoms with Crippen molar-refractivity contribution in [2.75, 3.05) is 19.8 Å². The predicted molar refractivity (Wildman–Crippen MR) is 61.0 cm³/mol. The molecule has 1 aliphatic heterocycles. The summed E-state index contributed by atoms with van der Waals surface area (Å²) in [4.78, 5) is 10.9. The number of carbonyl (C=O) groups excluding carboxylic acids is 1. The number of rotatable bonds is 4. The molecule has 1 aromatic carbocycles. The first-order valence-electron chi connectivity index (χ1n) is 5.56. The van der Waals surface area contributed by atoms with Crippen molar-refractivity contribution in [3.05, 3.63) is 29.3 Å². The third-order valence-corrected chi connectivity index (χ3v) is 2.79. The minimum absolute atomic E-state index is 0.459. The molecule has 1 heterocycles. The van der Waals surface area contributed by atoms with Crippen LogP contribution < -0.4 is 4.74 Å². The van der Waals surface area contributed by atoms with E-state index in [-0.39, 0.29) is 0 Å². The minimum Gasteiger partial charge on any atom is -0.492 e. The molecule has 1 aromatic rings. The molecule has 1 atom stereocenters. The van der Waals surface area contributed by atoms with Crippen molar-refractivity contribution < 1.29 is 14.3 Å². The second-order valence-corrected chi connectivity index (χ2v) is 4.20. The molecule has 0 amide bonds. The highest BCUT2D eigenvalue weighted by Crippen LogP contribution is 2.20. The fourth-order valence-corrected chi connectivity index (χ4v) is 1.81. The maximum absolute atomic E-state index is 10.9. The zero-order valence-corrected chi connectivity index (χ0v) is 9.44. The van der Waals surface area contributed by atoms with Gasteiger partial charge >= 0.3 is 0 Å². The summed E-state index contributed by atoms with van der Waals surface area (Å²) in [6.07, 6.45) is 1.88. The molecule has 1 aliphatic rings. The Morgan fingerprint density at radius 3 is 3.12 bits per heavy atom. The van der Waals surface area contributed by atoms with Crippen molar-refractivity contribution in [3.8, 4) is 5.75 Å². The molecule has 1 unspecified atom stereocenters. The van der Waals surface area contributed by atoms with Gasteiger partial charge in [0.2, 0.25) is 0 Å². The lowest BCUT2D eigenvalue weighted by Gasteiger charge is -2.12. The van der Waals surface area contributed by atoms with E-state index in [4.69, 9.17) is 9.47 Å². The minimum atomic E-state index is 0.459. The number of aldehydes is 1. The second-order valence-electron chi connectivity index (χ2n) is 4.20. The van der Waals surface area contributed by atoms with E-state index in [1.807, 2.05) is 25.1 Å². The molecular formula is C13H16O3. The van der Waals surface area contributed by atoms with Gasteiger partial charge in [-0.25, -0.2) is 0 Å². The standard InChI is InChI=1S/C13H16O3/c1-10-2-3-13(12(6-10)7-14)16-9-11-4-5-15-8-11/h2-3,6-7,11H,4-5,8-9H2,1H3. The Kier molecular flexibility index (Phi) is 3.57. The number of hydrogen-bond acceptors (Lipinski definition) is 3. The maximum Gasteiger partial charge on any atom is 0.153 e. The third kappa shape index (κ3) is 2.61. The highest BCUT2D eigenvalue weighted by atomic mass is 16.5. The van der Waals surface area contributed by atoms with Crippen LogP contribution in [0.25, 0.3) is 0 Å². The Morgan fingerprint density at radius 2 is 2.44 bits per heavy atom. The van der Waals surface area contributed by atoms with Gasteiger partial charge in [0, 0.05) is 12.5 Å². The van der Waals surface area contributed by atoms with Crippen LogP contribution in [0.4, 0.5) is 0 Å².